The van der Waals surface area contributed by atoms with Gasteiger partial charge < -0.3 is 14.4 Å². The maximum absolute atomic E-state index is 12.0. The molecule has 18 heavy (non-hydrogen) atoms. The third kappa shape index (κ3) is 1.71. The molecule has 0 spiro atoms. The number of ether oxygens (including phenoxy) is 1. The SMILES string of the molecule is CCOC(=O)c1c(O)c2cccnc2c(=O)n1C. The molecule has 94 valence electrons. The number of carbonyl (C=O) groups excluding carboxylic acids is 1. The molecule has 0 unspecified atom stereocenters. The first-order valence-corrected chi connectivity index (χ1v) is 5.41. The molecule has 6 nitrogen and oxygen atoms in total. The molecule has 2 rings (SSSR count). The zero-order valence-electron chi connectivity index (χ0n) is 10.0. The molecule has 0 saturated carbocycles. The van der Waals surface area contributed by atoms with Crippen LogP contribution in [0, 0.1) is 0 Å². The molecule has 0 atom stereocenters. The molecule has 0 aromatic carbocycles. The average Bonchev–Trinajstić information content (AvgIpc) is 2.37. The summed E-state index contributed by atoms with van der Waals surface area (Å²) in [5.74, 6) is -1.03. The van der Waals surface area contributed by atoms with Crippen molar-refractivity contribution in [2.24, 2.45) is 7.05 Å². The topological polar surface area (TPSA) is 81.4 Å². The molecular formula is C12H12N2O4. The molecule has 1 N–H and O–H groups in total. The molecule has 0 radical (unpaired) electrons. The van der Waals surface area contributed by atoms with Crippen molar-refractivity contribution in [2.45, 2.75) is 6.92 Å². The molecular weight excluding hydrogens is 236 g/mol. The lowest BCUT2D eigenvalue weighted by molar-refractivity contribution is 0.0510. The number of hydrogen-bond acceptors (Lipinski definition) is 5. The number of nitrogens with zero attached hydrogens (tertiary/aromatic N) is 2. The van der Waals surface area contributed by atoms with Crippen LogP contribution in [0.2, 0.25) is 0 Å². The third-order valence-electron chi connectivity index (χ3n) is 2.60. The number of esters is 1. The lowest BCUT2D eigenvalue weighted by Gasteiger charge is -2.11. The number of fused-ring (bicyclic) bond motifs is 1. The van der Waals surface area contributed by atoms with Crippen LogP contribution >= 0.6 is 0 Å². The Kier molecular flexibility index (Phi) is 3.01. The zero-order valence-corrected chi connectivity index (χ0v) is 10.0. The van der Waals surface area contributed by atoms with Crippen molar-refractivity contribution in [3.05, 3.63) is 34.4 Å². The first kappa shape index (κ1) is 12.1. The van der Waals surface area contributed by atoms with Gasteiger partial charge in [-0.25, -0.2) is 4.79 Å². The van der Waals surface area contributed by atoms with Gasteiger partial charge >= 0.3 is 5.97 Å². The Morgan fingerprint density at radius 1 is 1.56 bits per heavy atom. The van der Waals surface area contributed by atoms with E-state index in [-0.39, 0.29) is 29.0 Å². The van der Waals surface area contributed by atoms with Crippen molar-refractivity contribution in [2.75, 3.05) is 6.61 Å². The van der Waals surface area contributed by atoms with Gasteiger partial charge in [0.05, 0.1) is 12.0 Å². The van der Waals surface area contributed by atoms with Crippen LogP contribution in [0.1, 0.15) is 17.4 Å². The molecule has 0 aliphatic heterocycles. The maximum atomic E-state index is 12.0. The summed E-state index contributed by atoms with van der Waals surface area (Å²) in [6.07, 6.45) is 1.45. The van der Waals surface area contributed by atoms with Crippen LogP contribution in [0.15, 0.2) is 23.1 Å². The summed E-state index contributed by atoms with van der Waals surface area (Å²) in [6.45, 7) is 1.81. The van der Waals surface area contributed by atoms with Gasteiger partial charge in [-0.1, -0.05) is 0 Å². The molecule has 0 fully saturated rings. The summed E-state index contributed by atoms with van der Waals surface area (Å²) in [5.41, 5.74) is -0.501. The minimum atomic E-state index is -0.736. The van der Waals surface area contributed by atoms with E-state index in [1.807, 2.05) is 0 Å². The van der Waals surface area contributed by atoms with Gasteiger partial charge in [0.25, 0.3) is 5.56 Å². The first-order chi connectivity index (χ1) is 8.57. The second kappa shape index (κ2) is 4.48. The standard InChI is InChI=1S/C12H12N2O4/c1-3-18-12(17)9-10(15)7-5-4-6-13-8(7)11(16)14(9)2/h4-6,15H,3H2,1-2H3. The van der Waals surface area contributed by atoms with Gasteiger partial charge in [0, 0.05) is 13.2 Å². The Bertz CT molecular complexity index is 676. The molecule has 0 bridgehead atoms. The summed E-state index contributed by atoms with van der Waals surface area (Å²) in [6, 6.07) is 3.11. The van der Waals surface area contributed by atoms with Crippen molar-refractivity contribution in [3.8, 4) is 5.75 Å². The minimum Gasteiger partial charge on any atom is -0.505 e. The number of aromatic nitrogens is 2. The van der Waals surface area contributed by atoms with Gasteiger partial charge in [0.15, 0.2) is 11.4 Å². The Labute approximate surface area is 102 Å². The van der Waals surface area contributed by atoms with Crippen LogP contribution in [0.3, 0.4) is 0 Å². The van der Waals surface area contributed by atoms with E-state index in [0.29, 0.717) is 0 Å². The fraction of sp³-hybridized carbons (Fsp3) is 0.250. The number of rotatable bonds is 2. The fourth-order valence-electron chi connectivity index (χ4n) is 1.75. The van der Waals surface area contributed by atoms with Crippen LogP contribution in [0.4, 0.5) is 0 Å². The molecule has 2 heterocycles. The fourth-order valence-corrected chi connectivity index (χ4v) is 1.75. The number of pyridine rings is 2. The minimum absolute atomic E-state index is 0.116. The van der Waals surface area contributed by atoms with Gasteiger partial charge in [-0.2, -0.15) is 0 Å². The Hall–Kier alpha value is -2.37. The molecule has 0 amide bonds. The van der Waals surface area contributed by atoms with Crippen LogP contribution < -0.4 is 5.56 Å². The highest BCUT2D eigenvalue weighted by atomic mass is 16.5. The molecule has 6 heteroatoms. The van der Waals surface area contributed by atoms with E-state index in [4.69, 9.17) is 4.74 Å². The van der Waals surface area contributed by atoms with Crippen molar-refractivity contribution in [1.29, 1.82) is 0 Å². The first-order valence-electron chi connectivity index (χ1n) is 5.41. The van der Waals surface area contributed by atoms with E-state index in [1.165, 1.54) is 19.3 Å². The third-order valence-corrected chi connectivity index (χ3v) is 2.60. The van der Waals surface area contributed by atoms with Gasteiger partial charge in [0.1, 0.15) is 5.52 Å². The highest BCUT2D eigenvalue weighted by Crippen LogP contribution is 2.25. The van der Waals surface area contributed by atoms with Crippen molar-refractivity contribution in [3.63, 3.8) is 0 Å². The Balaban J connectivity index is 2.83. The summed E-state index contributed by atoms with van der Waals surface area (Å²) < 4.78 is 5.86. The maximum Gasteiger partial charge on any atom is 0.358 e. The van der Waals surface area contributed by atoms with E-state index in [2.05, 4.69) is 4.98 Å². The predicted molar refractivity (Wildman–Crippen MR) is 64.6 cm³/mol. The predicted octanol–water partition coefficient (Wildman–Crippen LogP) is 0.816. The molecule has 0 saturated heterocycles. The van der Waals surface area contributed by atoms with Gasteiger partial charge in [0.2, 0.25) is 0 Å². The summed E-state index contributed by atoms with van der Waals surface area (Å²) >= 11 is 0. The van der Waals surface area contributed by atoms with Crippen molar-refractivity contribution in [1.82, 2.24) is 9.55 Å². The van der Waals surface area contributed by atoms with Crippen molar-refractivity contribution < 1.29 is 14.6 Å². The quantitative estimate of drug-likeness (QED) is 0.795. The van der Waals surface area contributed by atoms with E-state index in [0.717, 1.165) is 4.57 Å². The number of carbonyl (C=O) groups is 1. The Morgan fingerprint density at radius 2 is 2.28 bits per heavy atom. The second-order valence-corrected chi connectivity index (χ2v) is 3.68. The smallest absolute Gasteiger partial charge is 0.358 e. The highest BCUT2D eigenvalue weighted by Gasteiger charge is 2.21. The summed E-state index contributed by atoms with van der Waals surface area (Å²) in [4.78, 5) is 27.6. The zero-order chi connectivity index (χ0) is 13.3. The van der Waals surface area contributed by atoms with Crippen LogP contribution in [-0.2, 0) is 11.8 Å². The molecule has 2 aromatic rings. The van der Waals surface area contributed by atoms with E-state index >= 15 is 0 Å². The van der Waals surface area contributed by atoms with Gasteiger partial charge in [-0.3, -0.25) is 9.78 Å². The van der Waals surface area contributed by atoms with E-state index < -0.39 is 11.5 Å². The molecule has 2 aromatic heterocycles. The van der Waals surface area contributed by atoms with Crippen LogP contribution in [0.5, 0.6) is 5.75 Å². The van der Waals surface area contributed by atoms with E-state index in [9.17, 15) is 14.7 Å². The molecule has 0 aliphatic carbocycles. The van der Waals surface area contributed by atoms with Crippen LogP contribution in [-0.4, -0.2) is 27.2 Å². The lowest BCUT2D eigenvalue weighted by atomic mass is 10.2. The second-order valence-electron chi connectivity index (χ2n) is 3.68. The van der Waals surface area contributed by atoms with Gasteiger partial charge in [-0.15, -0.1) is 0 Å². The van der Waals surface area contributed by atoms with E-state index in [1.54, 1.807) is 13.0 Å². The average molecular weight is 248 g/mol. The molecule has 0 aliphatic rings. The number of aromatic hydroxyl groups is 1. The monoisotopic (exact) mass is 248 g/mol. The Morgan fingerprint density at radius 3 is 2.94 bits per heavy atom. The highest BCUT2D eigenvalue weighted by molar-refractivity contribution is 5.98. The number of hydrogen-bond donors (Lipinski definition) is 1. The van der Waals surface area contributed by atoms with Gasteiger partial charge in [-0.05, 0) is 19.1 Å². The van der Waals surface area contributed by atoms with Crippen LogP contribution in [0.25, 0.3) is 10.9 Å². The lowest BCUT2D eigenvalue weighted by Crippen LogP contribution is -2.25. The summed E-state index contributed by atoms with van der Waals surface area (Å²) in [7, 11) is 1.39. The normalized spacial score (nSPS) is 10.6. The largest absolute Gasteiger partial charge is 0.505 e. The summed E-state index contributed by atoms with van der Waals surface area (Å²) in [5, 5.41) is 10.3. The van der Waals surface area contributed by atoms with Crippen molar-refractivity contribution >= 4 is 16.9 Å².